The fraction of sp³-hybridized carbons (Fsp3) is 0.429. The van der Waals surface area contributed by atoms with Crippen molar-refractivity contribution in [1.29, 1.82) is 0 Å². The molecule has 1 fully saturated rings. The normalized spacial score (nSPS) is 19.5. The minimum absolute atomic E-state index is 0.0540. The second kappa shape index (κ2) is 5.61. The number of carbonyl (C=O) groups is 2. The third kappa shape index (κ3) is 2.89. The second-order valence-corrected chi connectivity index (χ2v) is 5.17. The van der Waals surface area contributed by atoms with E-state index in [0.29, 0.717) is 17.1 Å². The lowest BCUT2D eigenvalue weighted by Gasteiger charge is -2.32. The van der Waals surface area contributed by atoms with E-state index in [1.165, 1.54) is 4.90 Å². The minimum atomic E-state index is -0.425. The first-order chi connectivity index (χ1) is 9.02. The highest BCUT2D eigenvalue weighted by Gasteiger charge is 2.32. The third-order valence-electron chi connectivity index (χ3n) is 3.25. The van der Waals surface area contributed by atoms with Crippen LogP contribution in [0.4, 0.5) is 5.69 Å². The van der Waals surface area contributed by atoms with Gasteiger partial charge in [-0.25, -0.2) is 0 Å². The van der Waals surface area contributed by atoms with Crippen LogP contribution in [-0.4, -0.2) is 24.4 Å². The molecule has 4 nitrogen and oxygen atoms in total. The topological polar surface area (TPSA) is 49.4 Å². The molecule has 1 unspecified atom stereocenters. The van der Waals surface area contributed by atoms with Gasteiger partial charge in [0, 0.05) is 10.7 Å². The molecule has 2 rings (SSSR count). The molecule has 1 aromatic carbocycles. The minimum Gasteiger partial charge on any atom is -0.343 e. The summed E-state index contributed by atoms with van der Waals surface area (Å²) in [4.78, 5) is 25.5. The highest BCUT2D eigenvalue weighted by Crippen LogP contribution is 2.25. The van der Waals surface area contributed by atoms with Crippen molar-refractivity contribution in [1.82, 2.24) is 5.32 Å². The van der Waals surface area contributed by atoms with Crippen LogP contribution in [0.1, 0.15) is 25.3 Å². The van der Waals surface area contributed by atoms with Crippen LogP contribution in [0.5, 0.6) is 0 Å². The third-order valence-corrected chi connectivity index (χ3v) is 3.65. The molecule has 1 aliphatic rings. The molecule has 1 N–H and O–H groups in total. The van der Waals surface area contributed by atoms with Gasteiger partial charge in [-0.15, -0.1) is 0 Å². The number of hydrogen-bond acceptors (Lipinski definition) is 2. The maximum atomic E-state index is 12.3. The predicted octanol–water partition coefficient (Wildman–Crippen LogP) is 2.28. The van der Waals surface area contributed by atoms with Gasteiger partial charge in [-0.05, 0) is 31.0 Å². The highest BCUT2D eigenvalue weighted by molar-refractivity contribution is 6.31. The predicted molar refractivity (Wildman–Crippen MR) is 75.4 cm³/mol. The number of rotatable bonds is 3. The van der Waals surface area contributed by atoms with Crippen LogP contribution in [0.2, 0.25) is 5.02 Å². The van der Waals surface area contributed by atoms with Crippen molar-refractivity contribution in [3.63, 3.8) is 0 Å². The molecular formula is C14H17ClN2O2. The van der Waals surface area contributed by atoms with Gasteiger partial charge in [0.2, 0.25) is 11.8 Å². The molecule has 0 aromatic heterocycles. The summed E-state index contributed by atoms with van der Waals surface area (Å²) < 4.78 is 0. The maximum absolute atomic E-state index is 12.3. The van der Waals surface area contributed by atoms with Crippen molar-refractivity contribution in [2.45, 2.75) is 32.7 Å². The van der Waals surface area contributed by atoms with E-state index < -0.39 is 6.04 Å². The van der Waals surface area contributed by atoms with Crippen molar-refractivity contribution >= 4 is 29.1 Å². The number of nitrogens with zero attached hydrogens (tertiary/aromatic N) is 1. The molecule has 102 valence electrons. The summed E-state index contributed by atoms with van der Waals surface area (Å²) in [6, 6.07) is 4.98. The summed E-state index contributed by atoms with van der Waals surface area (Å²) in [5.74, 6) is -0.198. The summed E-state index contributed by atoms with van der Waals surface area (Å²) in [5.41, 5.74) is 1.63. The number of nitrogens with one attached hydrogen (secondary N) is 1. The summed E-state index contributed by atoms with van der Waals surface area (Å²) >= 11 is 6.08. The maximum Gasteiger partial charge on any atom is 0.250 e. The lowest BCUT2D eigenvalue weighted by molar-refractivity contribution is -0.131. The average Bonchev–Trinajstić information content (AvgIpc) is 2.37. The van der Waals surface area contributed by atoms with E-state index in [2.05, 4.69) is 5.32 Å². The summed E-state index contributed by atoms with van der Waals surface area (Å²) in [6.07, 6.45) is 1.50. The van der Waals surface area contributed by atoms with Gasteiger partial charge < -0.3 is 10.2 Å². The van der Waals surface area contributed by atoms with Gasteiger partial charge in [-0.2, -0.15) is 0 Å². The van der Waals surface area contributed by atoms with Gasteiger partial charge in [0.1, 0.15) is 12.6 Å². The van der Waals surface area contributed by atoms with Crippen molar-refractivity contribution in [2.24, 2.45) is 0 Å². The molecule has 0 spiro atoms. The van der Waals surface area contributed by atoms with Crippen molar-refractivity contribution in [3.8, 4) is 0 Å². The van der Waals surface area contributed by atoms with Gasteiger partial charge in [-0.3, -0.25) is 9.59 Å². The molecule has 1 atom stereocenters. The fourth-order valence-corrected chi connectivity index (χ4v) is 2.34. The van der Waals surface area contributed by atoms with E-state index in [4.69, 9.17) is 11.6 Å². The lowest BCUT2D eigenvalue weighted by atomic mass is 10.1. The smallest absolute Gasteiger partial charge is 0.250 e. The molecule has 0 aliphatic carbocycles. The molecule has 0 radical (unpaired) electrons. The van der Waals surface area contributed by atoms with Gasteiger partial charge in [0.15, 0.2) is 0 Å². The molecule has 1 saturated heterocycles. The van der Waals surface area contributed by atoms with Gasteiger partial charge in [-0.1, -0.05) is 31.0 Å². The number of amides is 2. The highest BCUT2D eigenvalue weighted by atomic mass is 35.5. The number of halogens is 1. The SMILES string of the molecule is CCCC1NC(=O)CN(c2ccc(C)c(Cl)c2)C1=O. The Morgan fingerprint density at radius 1 is 1.42 bits per heavy atom. The average molecular weight is 281 g/mol. The van der Waals surface area contributed by atoms with Gasteiger partial charge >= 0.3 is 0 Å². The van der Waals surface area contributed by atoms with Crippen LogP contribution < -0.4 is 10.2 Å². The Hall–Kier alpha value is -1.55. The van der Waals surface area contributed by atoms with Crippen molar-refractivity contribution < 1.29 is 9.59 Å². The quantitative estimate of drug-likeness (QED) is 0.923. The fourth-order valence-electron chi connectivity index (χ4n) is 2.16. The van der Waals surface area contributed by atoms with Crippen LogP contribution in [0.25, 0.3) is 0 Å². The monoisotopic (exact) mass is 280 g/mol. The number of carbonyl (C=O) groups excluding carboxylic acids is 2. The summed E-state index contributed by atoms with van der Waals surface area (Å²) in [7, 11) is 0. The lowest BCUT2D eigenvalue weighted by Crippen LogP contribution is -2.58. The number of benzene rings is 1. The molecule has 19 heavy (non-hydrogen) atoms. The Balaban J connectivity index is 2.28. The van der Waals surface area contributed by atoms with Crippen LogP contribution in [-0.2, 0) is 9.59 Å². The van der Waals surface area contributed by atoms with E-state index in [1.54, 1.807) is 6.07 Å². The Bertz CT molecular complexity index is 516. The van der Waals surface area contributed by atoms with Crippen molar-refractivity contribution in [3.05, 3.63) is 28.8 Å². The largest absolute Gasteiger partial charge is 0.343 e. The summed E-state index contributed by atoms with van der Waals surface area (Å²) in [5, 5.41) is 3.33. The first-order valence-corrected chi connectivity index (χ1v) is 6.77. The zero-order valence-corrected chi connectivity index (χ0v) is 11.8. The molecule has 1 aliphatic heterocycles. The molecule has 1 aromatic rings. The number of hydrogen-bond donors (Lipinski definition) is 1. The Morgan fingerprint density at radius 3 is 2.79 bits per heavy atom. The molecule has 5 heteroatoms. The van der Waals surface area contributed by atoms with Crippen LogP contribution in [0.15, 0.2) is 18.2 Å². The molecule has 2 amide bonds. The van der Waals surface area contributed by atoms with E-state index in [9.17, 15) is 9.59 Å². The molecular weight excluding hydrogens is 264 g/mol. The molecule has 0 bridgehead atoms. The standard InChI is InChI=1S/C14H17ClN2O2/c1-3-4-12-14(19)17(8-13(18)16-12)10-6-5-9(2)11(15)7-10/h5-7,12H,3-4,8H2,1-2H3,(H,16,18). The zero-order valence-electron chi connectivity index (χ0n) is 11.1. The number of aryl methyl sites for hydroxylation is 1. The number of anilines is 1. The van der Waals surface area contributed by atoms with Crippen LogP contribution >= 0.6 is 11.6 Å². The molecule has 1 heterocycles. The van der Waals surface area contributed by atoms with E-state index in [-0.39, 0.29) is 18.4 Å². The van der Waals surface area contributed by atoms with E-state index >= 15 is 0 Å². The second-order valence-electron chi connectivity index (χ2n) is 4.77. The Morgan fingerprint density at radius 2 is 2.16 bits per heavy atom. The first-order valence-electron chi connectivity index (χ1n) is 6.39. The van der Waals surface area contributed by atoms with Crippen molar-refractivity contribution in [2.75, 3.05) is 11.4 Å². The van der Waals surface area contributed by atoms with E-state index in [0.717, 1.165) is 12.0 Å². The molecule has 0 saturated carbocycles. The van der Waals surface area contributed by atoms with Crippen LogP contribution in [0.3, 0.4) is 0 Å². The number of piperazine rings is 1. The summed E-state index contributed by atoms with van der Waals surface area (Å²) in [6.45, 7) is 3.94. The van der Waals surface area contributed by atoms with E-state index in [1.807, 2.05) is 26.0 Å². The van der Waals surface area contributed by atoms with Crippen LogP contribution in [0, 0.1) is 6.92 Å². The van der Waals surface area contributed by atoms with Gasteiger partial charge in [0.05, 0.1) is 0 Å². The zero-order chi connectivity index (χ0) is 14.0. The van der Waals surface area contributed by atoms with Gasteiger partial charge in [0.25, 0.3) is 0 Å². The first kappa shape index (κ1) is 13.9. The Kier molecular flexibility index (Phi) is 4.10. The Labute approximate surface area is 117 Å².